The molecular formula is C16H22N2O2. The van der Waals surface area contributed by atoms with Gasteiger partial charge in [-0.2, -0.15) is 0 Å². The highest BCUT2D eigenvalue weighted by atomic mass is 16.6. The highest BCUT2D eigenvalue weighted by molar-refractivity contribution is 5.83. The number of benzene rings is 1. The summed E-state index contributed by atoms with van der Waals surface area (Å²) in [5.74, 6) is 0.260. The maximum absolute atomic E-state index is 11.8. The van der Waals surface area contributed by atoms with Crippen LogP contribution in [0.2, 0.25) is 0 Å². The summed E-state index contributed by atoms with van der Waals surface area (Å²) in [6.07, 6.45) is 1.80. The van der Waals surface area contributed by atoms with Crippen molar-refractivity contribution in [3.05, 3.63) is 36.0 Å². The van der Waals surface area contributed by atoms with Gasteiger partial charge >= 0.3 is 6.09 Å². The van der Waals surface area contributed by atoms with E-state index in [-0.39, 0.29) is 12.0 Å². The Bertz CT molecular complexity index is 577. The molecule has 1 unspecified atom stereocenters. The largest absolute Gasteiger partial charge is 0.450 e. The number of hydrogen-bond acceptors (Lipinski definition) is 2. The fourth-order valence-corrected chi connectivity index (χ4v) is 2.48. The van der Waals surface area contributed by atoms with Crippen molar-refractivity contribution in [1.82, 2.24) is 9.88 Å². The summed E-state index contributed by atoms with van der Waals surface area (Å²) < 4.78 is 5.08. The molecule has 0 saturated carbocycles. The molecule has 0 aliphatic rings. The zero-order valence-corrected chi connectivity index (χ0v) is 12.3. The van der Waals surface area contributed by atoms with Crippen molar-refractivity contribution in [2.24, 2.45) is 0 Å². The summed E-state index contributed by atoms with van der Waals surface area (Å²) in [5, 5.41) is 1.22. The third kappa shape index (κ3) is 2.95. The van der Waals surface area contributed by atoms with Crippen LogP contribution in [0, 0.1) is 0 Å². The lowest BCUT2D eigenvalue weighted by molar-refractivity contribution is 0.107. The lowest BCUT2D eigenvalue weighted by Gasteiger charge is -2.23. The highest BCUT2D eigenvalue weighted by Crippen LogP contribution is 2.26. The van der Waals surface area contributed by atoms with Crippen LogP contribution in [-0.2, 0) is 4.74 Å². The Labute approximate surface area is 119 Å². The molecule has 1 heterocycles. The Morgan fingerprint density at radius 2 is 2.10 bits per heavy atom. The molecule has 0 radical (unpaired) electrons. The second-order valence-electron chi connectivity index (χ2n) is 4.93. The number of amides is 1. The molecule has 4 nitrogen and oxygen atoms in total. The van der Waals surface area contributed by atoms with Crippen molar-refractivity contribution >= 4 is 17.0 Å². The van der Waals surface area contributed by atoms with E-state index in [0.717, 1.165) is 5.52 Å². The van der Waals surface area contributed by atoms with E-state index in [4.69, 9.17) is 4.74 Å². The second kappa shape index (κ2) is 6.46. The number of aromatic amines is 1. The summed E-state index contributed by atoms with van der Waals surface area (Å²) in [6, 6.07) is 8.23. The van der Waals surface area contributed by atoms with E-state index < -0.39 is 0 Å². The molecule has 1 aromatic heterocycles. The van der Waals surface area contributed by atoms with E-state index >= 15 is 0 Å². The van der Waals surface area contributed by atoms with E-state index in [2.05, 4.69) is 24.0 Å². The molecule has 1 atom stereocenters. The minimum Gasteiger partial charge on any atom is -0.450 e. The Hall–Kier alpha value is -1.97. The Balaban J connectivity index is 2.14. The summed E-state index contributed by atoms with van der Waals surface area (Å²) in [6.45, 7) is 7.67. The number of carbonyl (C=O) groups excluding carboxylic acids is 1. The molecule has 0 saturated heterocycles. The lowest BCUT2D eigenvalue weighted by Crippen LogP contribution is -2.34. The minimum atomic E-state index is -0.235. The van der Waals surface area contributed by atoms with Crippen molar-refractivity contribution < 1.29 is 9.53 Å². The number of nitrogens with zero attached hydrogens (tertiary/aromatic N) is 1. The molecular weight excluding hydrogens is 252 g/mol. The first-order chi connectivity index (χ1) is 9.67. The van der Waals surface area contributed by atoms with E-state index in [9.17, 15) is 4.79 Å². The predicted octanol–water partition coefficient (Wildman–Crippen LogP) is 3.75. The smallest absolute Gasteiger partial charge is 0.409 e. The molecule has 0 fully saturated rings. The van der Waals surface area contributed by atoms with Crippen LogP contribution in [0.1, 0.15) is 32.3 Å². The fourth-order valence-electron chi connectivity index (χ4n) is 2.48. The van der Waals surface area contributed by atoms with Gasteiger partial charge in [0.15, 0.2) is 0 Å². The van der Waals surface area contributed by atoms with Gasteiger partial charge in [-0.15, -0.1) is 0 Å². The Morgan fingerprint density at radius 1 is 1.35 bits per heavy atom. The number of rotatable bonds is 5. The number of nitrogens with one attached hydrogen (secondary N) is 1. The molecule has 1 aromatic carbocycles. The molecule has 1 amide bonds. The second-order valence-corrected chi connectivity index (χ2v) is 4.93. The van der Waals surface area contributed by atoms with Gasteiger partial charge in [-0.1, -0.05) is 25.1 Å². The van der Waals surface area contributed by atoms with Crippen LogP contribution in [0.3, 0.4) is 0 Å². The molecule has 2 rings (SSSR count). The van der Waals surface area contributed by atoms with Crippen molar-refractivity contribution in [3.8, 4) is 0 Å². The first kappa shape index (κ1) is 14.4. The molecule has 0 aliphatic heterocycles. The van der Waals surface area contributed by atoms with Crippen molar-refractivity contribution in [3.63, 3.8) is 0 Å². The monoisotopic (exact) mass is 274 g/mol. The SMILES string of the molecule is CCOC(=O)N(CC)CC(C)c1c[nH]c2ccccc12. The van der Waals surface area contributed by atoms with Gasteiger partial charge in [0.2, 0.25) is 0 Å². The zero-order valence-electron chi connectivity index (χ0n) is 12.3. The topological polar surface area (TPSA) is 45.3 Å². The molecule has 1 N–H and O–H groups in total. The fraction of sp³-hybridized carbons (Fsp3) is 0.438. The van der Waals surface area contributed by atoms with Gasteiger partial charge in [-0.05, 0) is 25.5 Å². The minimum absolute atomic E-state index is 0.235. The van der Waals surface area contributed by atoms with Crippen molar-refractivity contribution in [1.29, 1.82) is 0 Å². The van der Waals surface area contributed by atoms with E-state index in [1.165, 1.54) is 10.9 Å². The number of ether oxygens (including phenoxy) is 1. The number of H-pyrrole nitrogens is 1. The third-order valence-corrected chi connectivity index (χ3v) is 3.55. The summed E-state index contributed by atoms with van der Waals surface area (Å²) in [4.78, 5) is 16.9. The average Bonchev–Trinajstić information content (AvgIpc) is 2.88. The number of fused-ring (bicyclic) bond motifs is 1. The lowest BCUT2D eigenvalue weighted by atomic mass is 10.00. The average molecular weight is 274 g/mol. The Morgan fingerprint density at radius 3 is 2.80 bits per heavy atom. The van der Waals surface area contributed by atoms with Crippen LogP contribution in [0.4, 0.5) is 4.79 Å². The van der Waals surface area contributed by atoms with Gasteiger partial charge in [0.05, 0.1) is 6.61 Å². The van der Waals surface area contributed by atoms with Gasteiger partial charge < -0.3 is 14.6 Å². The quantitative estimate of drug-likeness (QED) is 0.902. The van der Waals surface area contributed by atoms with Crippen LogP contribution in [0.25, 0.3) is 10.9 Å². The number of carbonyl (C=O) groups is 1. The van der Waals surface area contributed by atoms with Gasteiger partial charge in [-0.3, -0.25) is 0 Å². The number of aromatic nitrogens is 1. The molecule has 0 aliphatic carbocycles. The highest BCUT2D eigenvalue weighted by Gasteiger charge is 2.18. The van der Waals surface area contributed by atoms with Crippen LogP contribution in [0.5, 0.6) is 0 Å². The summed E-state index contributed by atoms with van der Waals surface area (Å²) >= 11 is 0. The predicted molar refractivity (Wildman–Crippen MR) is 81.0 cm³/mol. The third-order valence-electron chi connectivity index (χ3n) is 3.55. The van der Waals surface area contributed by atoms with E-state index in [1.54, 1.807) is 4.90 Å². The molecule has 4 heteroatoms. The van der Waals surface area contributed by atoms with E-state index in [1.807, 2.05) is 32.2 Å². The van der Waals surface area contributed by atoms with Crippen LogP contribution in [-0.4, -0.2) is 35.7 Å². The number of para-hydroxylation sites is 1. The van der Waals surface area contributed by atoms with Gasteiger partial charge in [0.1, 0.15) is 0 Å². The van der Waals surface area contributed by atoms with Crippen LogP contribution >= 0.6 is 0 Å². The van der Waals surface area contributed by atoms with Gasteiger partial charge in [0.25, 0.3) is 0 Å². The molecule has 0 bridgehead atoms. The molecule has 108 valence electrons. The maximum Gasteiger partial charge on any atom is 0.409 e. The number of likely N-dealkylation sites (N-methyl/N-ethyl adjacent to an activating group) is 1. The maximum atomic E-state index is 11.8. The van der Waals surface area contributed by atoms with Gasteiger partial charge in [0, 0.05) is 36.1 Å². The van der Waals surface area contributed by atoms with Crippen molar-refractivity contribution in [2.45, 2.75) is 26.7 Å². The number of hydrogen-bond donors (Lipinski definition) is 1. The van der Waals surface area contributed by atoms with E-state index in [0.29, 0.717) is 19.7 Å². The van der Waals surface area contributed by atoms with Gasteiger partial charge in [-0.25, -0.2) is 4.79 Å². The molecule has 20 heavy (non-hydrogen) atoms. The molecule has 2 aromatic rings. The zero-order chi connectivity index (χ0) is 14.5. The summed E-state index contributed by atoms with van der Waals surface area (Å²) in [7, 11) is 0. The molecule has 0 spiro atoms. The van der Waals surface area contributed by atoms with Crippen molar-refractivity contribution in [2.75, 3.05) is 19.7 Å². The van der Waals surface area contributed by atoms with Crippen LogP contribution in [0.15, 0.2) is 30.5 Å². The normalized spacial score (nSPS) is 12.3. The van der Waals surface area contributed by atoms with Crippen LogP contribution < -0.4 is 0 Å². The first-order valence-corrected chi connectivity index (χ1v) is 7.15. The summed E-state index contributed by atoms with van der Waals surface area (Å²) in [5.41, 5.74) is 2.37. The standard InChI is InChI=1S/C16H22N2O2/c1-4-18(16(19)20-5-2)11-12(3)14-10-17-15-9-7-6-8-13(14)15/h6-10,12,17H,4-5,11H2,1-3H3. The first-order valence-electron chi connectivity index (χ1n) is 7.15. The Kier molecular flexibility index (Phi) is 4.66.